The van der Waals surface area contributed by atoms with Gasteiger partial charge in [-0.2, -0.15) is 0 Å². The minimum atomic E-state index is -0.810. The summed E-state index contributed by atoms with van der Waals surface area (Å²) >= 11 is 3.33. The first-order valence-corrected chi connectivity index (χ1v) is 10.6. The van der Waals surface area contributed by atoms with Crippen LogP contribution in [0.25, 0.3) is 0 Å². The van der Waals surface area contributed by atoms with Crippen LogP contribution in [0.15, 0.2) is 59.8 Å². The van der Waals surface area contributed by atoms with Crippen LogP contribution in [0.3, 0.4) is 0 Å². The molecule has 3 atom stereocenters. The van der Waals surface area contributed by atoms with Crippen LogP contribution < -0.4 is 15.4 Å². The monoisotopic (exact) mass is 489 g/mol. The molecule has 0 bridgehead atoms. The van der Waals surface area contributed by atoms with Gasteiger partial charge in [0.15, 0.2) is 6.10 Å². The first-order valence-electron chi connectivity index (χ1n) is 9.76. The molecule has 9 heteroatoms. The Morgan fingerprint density at radius 2 is 1.87 bits per heavy atom. The van der Waals surface area contributed by atoms with E-state index in [0.717, 1.165) is 11.1 Å². The van der Waals surface area contributed by atoms with Gasteiger partial charge in [-0.25, -0.2) is 4.79 Å². The zero-order chi connectivity index (χ0) is 22.2. The number of benzene rings is 2. The third kappa shape index (κ3) is 6.45. The molecule has 2 aromatic carbocycles. The lowest BCUT2D eigenvalue weighted by Gasteiger charge is -2.25. The highest BCUT2D eigenvalue weighted by atomic mass is 79.9. The number of amides is 2. The molecule has 1 aliphatic heterocycles. The summed E-state index contributed by atoms with van der Waals surface area (Å²) in [4.78, 5) is 30.3. The van der Waals surface area contributed by atoms with Crippen LogP contribution >= 0.6 is 15.9 Å². The molecule has 0 aromatic heterocycles. The topological polar surface area (TPSA) is 98.3 Å². The molecule has 2 unspecified atom stereocenters. The fourth-order valence-corrected chi connectivity index (χ4v) is 3.43. The average Bonchev–Trinajstić information content (AvgIpc) is 3.22. The summed E-state index contributed by atoms with van der Waals surface area (Å²) in [6.07, 6.45) is -0.544. The number of hydrogen-bond acceptors (Lipinski definition) is 6. The molecule has 8 nitrogen and oxygen atoms in total. The zero-order valence-electron chi connectivity index (χ0n) is 17.2. The summed E-state index contributed by atoms with van der Waals surface area (Å²) in [6.45, 7) is 1.71. The molecule has 0 spiro atoms. The Labute approximate surface area is 189 Å². The predicted molar refractivity (Wildman–Crippen MR) is 119 cm³/mol. The maximum atomic E-state index is 12.8. The molecule has 2 N–H and O–H groups in total. The summed E-state index contributed by atoms with van der Waals surface area (Å²) in [6, 6.07) is 15.3. The van der Waals surface area contributed by atoms with Gasteiger partial charge >= 0.3 is 6.09 Å². The summed E-state index contributed by atoms with van der Waals surface area (Å²) < 4.78 is 11.1. The van der Waals surface area contributed by atoms with Gasteiger partial charge in [0.1, 0.15) is 23.0 Å². The van der Waals surface area contributed by atoms with Crippen molar-refractivity contribution in [3.05, 3.63) is 65.7 Å². The third-order valence-electron chi connectivity index (χ3n) is 4.74. The van der Waals surface area contributed by atoms with Crippen molar-refractivity contribution in [2.75, 3.05) is 7.11 Å². The van der Waals surface area contributed by atoms with Crippen molar-refractivity contribution in [3.63, 3.8) is 0 Å². The highest BCUT2D eigenvalue weighted by Gasteiger charge is 2.32. The lowest BCUT2D eigenvalue weighted by Crippen LogP contribution is -2.48. The van der Waals surface area contributed by atoms with Crippen LogP contribution in [-0.4, -0.2) is 35.9 Å². The highest BCUT2D eigenvalue weighted by Crippen LogP contribution is 2.28. The maximum absolute atomic E-state index is 12.8. The average molecular weight is 490 g/mol. The third-order valence-corrected chi connectivity index (χ3v) is 5.21. The molecule has 0 radical (unpaired) electrons. The molecule has 0 fully saturated rings. The van der Waals surface area contributed by atoms with Gasteiger partial charge in [0, 0.05) is 6.42 Å². The Bertz CT molecular complexity index is 921. The van der Waals surface area contributed by atoms with Crippen LogP contribution in [-0.2, 0) is 21.0 Å². The van der Waals surface area contributed by atoms with E-state index in [0.29, 0.717) is 16.8 Å². The van der Waals surface area contributed by atoms with Crippen LogP contribution in [0.4, 0.5) is 4.79 Å². The molecule has 0 aliphatic carbocycles. The van der Waals surface area contributed by atoms with E-state index in [-0.39, 0.29) is 18.6 Å². The van der Waals surface area contributed by atoms with Crippen LogP contribution in [0.2, 0.25) is 0 Å². The Balaban J connectivity index is 1.60. The fourth-order valence-electron chi connectivity index (χ4n) is 3.03. The van der Waals surface area contributed by atoms with E-state index < -0.39 is 18.2 Å². The van der Waals surface area contributed by atoms with E-state index in [1.807, 2.05) is 54.6 Å². The molecular formula is C22H24BrN3O5. The summed E-state index contributed by atoms with van der Waals surface area (Å²) in [5.41, 5.74) is 1.69. The Morgan fingerprint density at radius 1 is 1.16 bits per heavy atom. The quantitative estimate of drug-likeness (QED) is 0.589. The van der Waals surface area contributed by atoms with Crippen LogP contribution in [0.5, 0.6) is 5.75 Å². The second kappa shape index (κ2) is 10.8. The number of methoxy groups -OCH3 is 1. The van der Waals surface area contributed by atoms with Crippen molar-refractivity contribution in [1.29, 1.82) is 0 Å². The van der Waals surface area contributed by atoms with Gasteiger partial charge in [-0.1, -0.05) is 47.6 Å². The summed E-state index contributed by atoms with van der Waals surface area (Å²) in [7, 11) is 1.59. The van der Waals surface area contributed by atoms with Gasteiger partial charge in [0.25, 0.3) is 0 Å². The van der Waals surface area contributed by atoms with E-state index in [1.54, 1.807) is 14.0 Å². The fraction of sp³-hybridized carbons (Fsp3) is 0.318. The minimum Gasteiger partial charge on any atom is -0.497 e. The molecule has 31 heavy (non-hydrogen) atoms. The van der Waals surface area contributed by atoms with Gasteiger partial charge in [0.05, 0.1) is 13.2 Å². The van der Waals surface area contributed by atoms with Crippen molar-refractivity contribution >= 4 is 32.6 Å². The molecule has 2 amide bonds. The van der Waals surface area contributed by atoms with E-state index in [4.69, 9.17) is 14.3 Å². The lowest BCUT2D eigenvalue weighted by molar-refractivity contribution is -0.124. The number of alkyl carbamates (subject to hydrolysis) is 1. The maximum Gasteiger partial charge on any atom is 0.408 e. The molecule has 1 heterocycles. The normalized spacial score (nSPS) is 17.0. The van der Waals surface area contributed by atoms with Crippen LogP contribution in [0, 0.1) is 0 Å². The molecule has 0 saturated carbocycles. The largest absolute Gasteiger partial charge is 0.497 e. The predicted octanol–water partition coefficient (Wildman–Crippen LogP) is 3.66. The number of oxime groups is 1. The molecular weight excluding hydrogens is 466 g/mol. The molecule has 1 aliphatic rings. The van der Waals surface area contributed by atoms with Gasteiger partial charge in [-0.3, -0.25) is 4.79 Å². The first kappa shape index (κ1) is 22.6. The van der Waals surface area contributed by atoms with Gasteiger partial charge in [0.2, 0.25) is 5.91 Å². The number of carbonyl (C=O) groups excluding carboxylic acids is 2. The zero-order valence-corrected chi connectivity index (χ0v) is 18.8. The van der Waals surface area contributed by atoms with Crippen molar-refractivity contribution in [2.45, 2.75) is 38.1 Å². The number of ether oxygens (including phenoxy) is 2. The molecule has 164 valence electrons. The number of nitrogens with zero attached hydrogens (tertiary/aromatic N) is 1. The van der Waals surface area contributed by atoms with Crippen molar-refractivity contribution in [3.8, 4) is 5.75 Å². The lowest BCUT2D eigenvalue weighted by atomic mass is 9.99. The van der Waals surface area contributed by atoms with Crippen molar-refractivity contribution < 1.29 is 23.9 Å². The van der Waals surface area contributed by atoms with E-state index in [9.17, 15) is 9.59 Å². The van der Waals surface area contributed by atoms with E-state index in [2.05, 4.69) is 31.7 Å². The van der Waals surface area contributed by atoms with Gasteiger partial charge in [-0.05, 0) is 46.1 Å². The smallest absolute Gasteiger partial charge is 0.408 e. The van der Waals surface area contributed by atoms with E-state index >= 15 is 0 Å². The SMILES string of the molecule is COc1ccc(C(NC(=O)[C@H](C)NC(=O)OCc2ccccc2)C2CC(Br)=NO2)cc1. The molecule has 3 rings (SSSR count). The number of nitrogens with one attached hydrogen (secondary N) is 2. The van der Waals surface area contributed by atoms with Crippen molar-refractivity contribution in [2.24, 2.45) is 5.16 Å². The Morgan fingerprint density at radius 3 is 2.48 bits per heavy atom. The second-order valence-electron chi connectivity index (χ2n) is 7.00. The Kier molecular flexibility index (Phi) is 7.88. The van der Waals surface area contributed by atoms with E-state index in [1.165, 1.54) is 0 Å². The number of hydrogen-bond donors (Lipinski definition) is 2. The van der Waals surface area contributed by atoms with Gasteiger partial charge in [-0.15, -0.1) is 0 Å². The number of halogens is 1. The second-order valence-corrected chi connectivity index (χ2v) is 7.92. The van der Waals surface area contributed by atoms with Gasteiger partial charge < -0.3 is 24.9 Å². The minimum absolute atomic E-state index is 0.122. The molecule has 0 saturated heterocycles. The molecule has 2 aromatic rings. The summed E-state index contributed by atoms with van der Waals surface area (Å²) in [5, 5.41) is 9.41. The standard InChI is InChI=1S/C22H24BrN3O5/c1-14(24-22(28)30-13-15-6-4-3-5-7-15)21(27)25-20(18-12-19(23)26-31-18)16-8-10-17(29-2)11-9-16/h3-11,14,18,20H,12-13H2,1-2H3,(H,24,28)(H,25,27)/t14-,18?,20?/m0/s1. The Hall–Kier alpha value is -3.07. The van der Waals surface area contributed by atoms with Crippen LogP contribution in [0.1, 0.15) is 30.5 Å². The first-order chi connectivity index (χ1) is 15.0. The highest BCUT2D eigenvalue weighted by molar-refractivity contribution is 9.18. The number of rotatable bonds is 8. The number of carbonyl (C=O) groups is 2. The summed E-state index contributed by atoms with van der Waals surface area (Å²) in [5.74, 6) is 0.332. The van der Waals surface area contributed by atoms with Crippen molar-refractivity contribution in [1.82, 2.24) is 10.6 Å².